The molecule has 0 spiro atoms. The summed E-state index contributed by atoms with van der Waals surface area (Å²) in [6, 6.07) is 14.8. The van der Waals surface area contributed by atoms with Gasteiger partial charge in [-0.05, 0) is 18.6 Å². The molecule has 34 heavy (non-hydrogen) atoms. The molecule has 0 radical (unpaired) electrons. The topological polar surface area (TPSA) is 93.9 Å². The number of morpholine rings is 1. The summed E-state index contributed by atoms with van der Waals surface area (Å²) in [5.41, 5.74) is 3.77. The van der Waals surface area contributed by atoms with Gasteiger partial charge in [-0.3, -0.25) is 15.0 Å². The summed E-state index contributed by atoms with van der Waals surface area (Å²) in [4.78, 5) is 25.2. The van der Waals surface area contributed by atoms with Gasteiger partial charge in [-0.1, -0.05) is 36.4 Å². The van der Waals surface area contributed by atoms with Crippen LogP contribution in [0.4, 0.5) is 11.6 Å². The van der Waals surface area contributed by atoms with Crippen molar-refractivity contribution in [1.29, 1.82) is 0 Å². The first kappa shape index (κ1) is 22.2. The van der Waals surface area contributed by atoms with Gasteiger partial charge in [0.15, 0.2) is 0 Å². The van der Waals surface area contributed by atoms with E-state index < -0.39 is 0 Å². The highest BCUT2D eigenvalue weighted by Crippen LogP contribution is 2.33. The van der Waals surface area contributed by atoms with Gasteiger partial charge >= 0.3 is 0 Å². The van der Waals surface area contributed by atoms with Crippen LogP contribution in [0.25, 0.3) is 0 Å². The van der Waals surface area contributed by atoms with Crippen LogP contribution in [0.2, 0.25) is 0 Å². The smallest absolute Gasteiger partial charge is 0.273 e. The molecule has 5 rings (SSSR count). The number of fused-ring (bicyclic) bond motifs is 1. The van der Waals surface area contributed by atoms with Gasteiger partial charge in [0.2, 0.25) is 11.8 Å². The van der Waals surface area contributed by atoms with Gasteiger partial charge in [0.1, 0.15) is 5.75 Å². The predicted octanol–water partition coefficient (Wildman–Crippen LogP) is 3.88. The molecule has 1 saturated heterocycles. The largest absolute Gasteiger partial charge is 0.438 e. The highest BCUT2D eigenvalue weighted by atomic mass is 16.6. The lowest BCUT2D eigenvalue weighted by Crippen LogP contribution is -2.38. The highest BCUT2D eigenvalue weighted by molar-refractivity contribution is 5.45. The Morgan fingerprint density at radius 1 is 1.06 bits per heavy atom. The summed E-state index contributed by atoms with van der Waals surface area (Å²) in [6.45, 7) is 6.58. The molecule has 3 aromatic rings. The Labute approximate surface area is 198 Å². The average Bonchev–Trinajstić information content (AvgIpc) is 2.86. The summed E-state index contributed by atoms with van der Waals surface area (Å²) < 4.78 is 11.8. The maximum atomic E-state index is 11.5. The first-order chi connectivity index (χ1) is 16.6. The van der Waals surface area contributed by atoms with Gasteiger partial charge < -0.3 is 14.4 Å². The number of anilines is 1. The Balaban J connectivity index is 1.47. The number of hydrogen-bond acceptors (Lipinski definition) is 8. The van der Waals surface area contributed by atoms with Crippen LogP contribution in [0, 0.1) is 17.0 Å². The molecule has 1 aromatic heterocycles. The lowest BCUT2D eigenvalue weighted by atomic mass is 10.0. The molecule has 0 unspecified atom stereocenters. The van der Waals surface area contributed by atoms with Crippen molar-refractivity contribution in [3.63, 3.8) is 0 Å². The molecule has 2 aliphatic heterocycles. The molecule has 0 N–H and O–H groups in total. The van der Waals surface area contributed by atoms with Crippen LogP contribution in [0.3, 0.4) is 0 Å². The fraction of sp³-hybridized carbons (Fsp3) is 0.360. The summed E-state index contributed by atoms with van der Waals surface area (Å²) >= 11 is 0. The number of hydrogen-bond donors (Lipinski definition) is 0. The van der Waals surface area contributed by atoms with Crippen LogP contribution < -0.4 is 9.64 Å². The SMILES string of the molecule is Cc1ccccc1Oc1nc(N2CCOCC2)nc2c1CN(Cc1ccccc1[N+](=O)[O-])CC2. The lowest BCUT2D eigenvalue weighted by Gasteiger charge is -2.31. The maximum absolute atomic E-state index is 11.5. The van der Waals surface area contributed by atoms with E-state index in [1.165, 1.54) is 0 Å². The molecule has 3 heterocycles. The summed E-state index contributed by atoms with van der Waals surface area (Å²) in [6.07, 6.45) is 0.722. The standard InChI is InChI=1S/C25H27N5O4/c1-18-6-2-5-9-23(18)34-24-20-17-28(16-19-7-3-4-8-22(19)30(31)32)11-10-21(20)26-25(27-24)29-12-14-33-15-13-29/h2-9H,10-17H2,1H3. The maximum Gasteiger partial charge on any atom is 0.273 e. The minimum atomic E-state index is -0.322. The third-order valence-electron chi connectivity index (χ3n) is 6.27. The van der Waals surface area contributed by atoms with E-state index in [4.69, 9.17) is 19.4 Å². The number of ether oxygens (including phenoxy) is 2. The molecule has 9 nitrogen and oxygen atoms in total. The highest BCUT2D eigenvalue weighted by Gasteiger charge is 2.27. The average molecular weight is 462 g/mol. The molecule has 9 heteroatoms. The van der Waals surface area contributed by atoms with Crippen LogP contribution >= 0.6 is 0 Å². The first-order valence-electron chi connectivity index (χ1n) is 11.5. The summed E-state index contributed by atoms with van der Waals surface area (Å²) in [7, 11) is 0. The Bertz CT molecular complexity index is 1200. The van der Waals surface area contributed by atoms with Crippen molar-refractivity contribution in [2.45, 2.75) is 26.4 Å². The number of aryl methyl sites for hydroxylation is 1. The number of para-hydroxylation sites is 2. The molecule has 0 bridgehead atoms. The second-order valence-electron chi connectivity index (χ2n) is 8.57. The third kappa shape index (κ3) is 4.71. The van der Waals surface area contributed by atoms with Gasteiger partial charge in [0, 0.05) is 50.8 Å². The Hall–Kier alpha value is -3.56. The Morgan fingerprint density at radius 3 is 2.62 bits per heavy atom. The number of nitrogens with zero attached hydrogens (tertiary/aromatic N) is 5. The molecule has 176 valence electrons. The van der Waals surface area contributed by atoms with Crippen LogP contribution in [0.15, 0.2) is 48.5 Å². The van der Waals surface area contributed by atoms with Gasteiger partial charge in [-0.15, -0.1) is 0 Å². The van der Waals surface area contributed by atoms with Crippen LogP contribution in [0.1, 0.15) is 22.4 Å². The molecule has 0 amide bonds. The fourth-order valence-electron chi connectivity index (χ4n) is 4.39. The summed E-state index contributed by atoms with van der Waals surface area (Å²) in [5.74, 6) is 1.97. The van der Waals surface area contributed by atoms with E-state index in [1.807, 2.05) is 43.3 Å². The lowest BCUT2D eigenvalue weighted by molar-refractivity contribution is -0.385. The van der Waals surface area contributed by atoms with Crippen LogP contribution in [0.5, 0.6) is 11.6 Å². The summed E-state index contributed by atoms with van der Waals surface area (Å²) in [5, 5.41) is 11.5. The zero-order chi connectivity index (χ0) is 23.5. The minimum Gasteiger partial charge on any atom is -0.438 e. The van der Waals surface area contributed by atoms with Crippen molar-refractivity contribution >= 4 is 11.6 Å². The minimum absolute atomic E-state index is 0.142. The Kier molecular flexibility index (Phi) is 6.37. The molecule has 2 aromatic carbocycles. The predicted molar refractivity (Wildman–Crippen MR) is 127 cm³/mol. The molecule has 2 aliphatic rings. The van der Waals surface area contributed by atoms with E-state index in [0.717, 1.165) is 48.6 Å². The van der Waals surface area contributed by atoms with Crippen molar-refractivity contribution in [3.8, 4) is 11.6 Å². The molecule has 0 atom stereocenters. The number of rotatable bonds is 6. The van der Waals surface area contributed by atoms with E-state index in [-0.39, 0.29) is 10.6 Å². The quantitative estimate of drug-likeness (QED) is 0.403. The van der Waals surface area contributed by atoms with Crippen molar-refractivity contribution in [2.75, 3.05) is 37.7 Å². The van der Waals surface area contributed by atoms with E-state index >= 15 is 0 Å². The van der Waals surface area contributed by atoms with Gasteiger partial charge in [-0.2, -0.15) is 4.98 Å². The molecule has 0 saturated carbocycles. The third-order valence-corrected chi connectivity index (χ3v) is 6.27. The van der Waals surface area contributed by atoms with Gasteiger partial charge in [-0.25, -0.2) is 4.98 Å². The molecule has 1 fully saturated rings. The molecular weight excluding hydrogens is 434 g/mol. The van der Waals surface area contributed by atoms with Crippen molar-refractivity contribution in [2.24, 2.45) is 0 Å². The zero-order valence-corrected chi connectivity index (χ0v) is 19.1. The first-order valence-corrected chi connectivity index (χ1v) is 11.5. The zero-order valence-electron chi connectivity index (χ0n) is 19.1. The molecular formula is C25H27N5O4. The normalized spacial score (nSPS) is 16.2. The monoisotopic (exact) mass is 461 g/mol. The van der Waals surface area contributed by atoms with E-state index in [2.05, 4.69) is 9.80 Å². The van der Waals surface area contributed by atoms with Gasteiger partial charge in [0.05, 0.1) is 29.4 Å². The van der Waals surface area contributed by atoms with Crippen molar-refractivity contribution < 1.29 is 14.4 Å². The number of benzene rings is 2. The second kappa shape index (κ2) is 9.74. The second-order valence-corrected chi connectivity index (χ2v) is 8.57. The number of aromatic nitrogens is 2. The number of nitro groups is 1. The van der Waals surface area contributed by atoms with Crippen LogP contribution in [-0.4, -0.2) is 52.6 Å². The van der Waals surface area contributed by atoms with Crippen molar-refractivity contribution in [3.05, 3.63) is 81.0 Å². The fourth-order valence-corrected chi connectivity index (χ4v) is 4.39. The van der Waals surface area contributed by atoms with Gasteiger partial charge in [0.25, 0.3) is 5.69 Å². The molecule has 0 aliphatic carbocycles. The van der Waals surface area contributed by atoms with E-state index in [0.29, 0.717) is 43.7 Å². The van der Waals surface area contributed by atoms with Crippen LogP contribution in [-0.2, 0) is 24.2 Å². The van der Waals surface area contributed by atoms with E-state index in [1.54, 1.807) is 12.1 Å². The van der Waals surface area contributed by atoms with Crippen molar-refractivity contribution in [1.82, 2.24) is 14.9 Å². The van der Waals surface area contributed by atoms with E-state index in [9.17, 15) is 10.1 Å². The Morgan fingerprint density at radius 2 is 1.82 bits per heavy atom. The number of nitro benzene ring substituents is 1.